The molecule has 0 unspecified atom stereocenters. The number of ether oxygens (including phenoxy) is 3. The van der Waals surface area contributed by atoms with Gasteiger partial charge in [-0.05, 0) is 26.0 Å². The molecule has 2 aromatic rings. The normalized spacial score (nSPS) is 32.2. The largest absolute Gasteiger partial charge is 0.492 e. The number of hydrogen-bond acceptors (Lipinski definition) is 9. The number of hydrogen-bond donors (Lipinski definition) is 4. The highest BCUT2D eigenvalue weighted by Gasteiger charge is 2.48. The molecule has 1 aromatic heterocycles. The summed E-state index contributed by atoms with van der Waals surface area (Å²) in [6.45, 7) is 3.36. The molecule has 1 saturated heterocycles. The van der Waals surface area contributed by atoms with Crippen molar-refractivity contribution in [3.63, 3.8) is 0 Å². The van der Waals surface area contributed by atoms with Gasteiger partial charge in [0.05, 0.1) is 24.7 Å². The average Bonchev–Trinajstić information content (AvgIpc) is 3.10. The Hall–Kier alpha value is -2.01. The van der Waals surface area contributed by atoms with Crippen molar-refractivity contribution in [1.82, 2.24) is 0 Å². The van der Waals surface area contributed by atoms with Crippen LogP contribution in [0.15, 0.2) is 33.5 Å². The van der Waals surface area contributed by atoms with Gasteiger partial charge in [-0.2, -0.15) is 0 Å². The van der Waals surface area contributed by atoms with Crippen molar-refractivity contribution in [2.75, 3.05) is 13.2 Å². The lowest BCUT2D eigenvalue weighted by molar-refractivity contribution is -0.325. The molecule has 0 amide bonds. The molecule has 29 heavy (non-hydrogen) atoms. The molecule has 4 N–H and O–H groups in total. The summed E-state index contributed by atoms with van der Waals surface area (Å²) in [4.78, 5) is 11.4. The molecular weight excluding hydrogens is 384 g/mol. The van der Waals surface area contributed by atoms with Crippen LogP contribution in [0.25, 0.3) is 11.0 Å². The Kier molecular flexibility index (Phi) is 5.14. The van der Waals surface area contributed by atoms with Crippen LogP contribution in [-0.2, 0) is 9.47 Å². The van der Waals surface area contributed by atoms with Gasteiger partial charge in [-0.1, -0.05) is 0 Å². The van der Waals surface area contributed by atoms with E-state index in [4.69, 9.17) is 18.6 Å². The molecule has 3 heterocycles. The van der Waals surface area contributed by atoms with Crippen molar-refractivity contribution in [2.24, 2.45) is 0 Å². The summed E-state index contributed by atoms with van der Waals surface area (Å²) in [5.41, 5.74) is -0.0776. The van der Waals surface area contributed by atoms with Crippen molar-refractivity contribution in [2.45, 2.75) is 56.1 Å². The van der Waals surface area contributed by atoms with Crippen molar-refractivity contribution >= 4 is 11.0 Å². The first kappa shape index (κ1) is 20.3. The van der Waals surface area contributed by atoms with Gasteiger partial charge in [0.15, 0.2) is 6.29 Å². The number of aliphatic hydroxyl groups is 4. The standard InChI is InChI=1S/C20H24O9/c1-20(2,29-19-18(25)17(24)16(23)14(7-21)28-19)11-8-26-13-6-12-9(5-10(11)13)3-4-15(22)27-12/h3-6,11,14,16-19,21,23-25H,7-8H2,1-2H3/t11-,14+,16+,17-,18+,19-/m0/s1. The Balaban J connectivity index is 1.60. The Morgan fingerprint density at radius 2 is 1.90 bits per heavy atom. The van der Waals surface area contributed by atoms with E-state index >= 15 is 0 Å². The van der Waals surface area contributed by atoms with Crippen LogP contribution < -0.4 is 10.4 Å². The molecule has 158 valence electrons. The average molecular weight is 408 g/mol. The first-order chi connectivity index (χ1) is 13.7. The molecule has 1 fully saturated rings. The van der Waals surface area contributed by atoms with Gasteiger partial charge in [0.2, 0.25) is 0 Å². The second-order valence-corrected chi connectivity index (χ2v) is 7.96. The van der Waals surface area contributed by atoms with Crippen LogP contribution in [0.1, 0.15) is 25.3 Å². The van der Waals surface area contributed by atoms with Gasteiger partial charge < -0.3 is 39.1 Å². The van der Waals surface area contributed by atoms with Crippen LogP contribution in [0.3, 0.4) is 0 Å². The van der Waals surface area contributed by atoms with Gasteiger partial charge in [0.1, 0.15) is 35.7 Å². The van der Waals surface area contributed by atoms with Crippen molar-refractivity contribution in [3.05, 3.63) is 40.2 Å². The smallest absolute Gasteiger partial charge is 0.336 e. The van der Waals surface area contributed by atoms with Crippen LogP contribution in [0.5, 0.6) is 5.75 Å². The second kappa shape index (κ2) is 7.35. The summed E-state index contributed by atoms with van der Waals surface area (Å²) >= 11 is 0. The molecule has 4 rings (SSSR count). The van der Waals surface area contributed by atoms with E-state index in [9.17, 15) is 25.2 Å². The molecule has 2 aliphatic heterocycles. The molecular formula is C20H24O9. The van der Waals surface area contributed by atoms with Gasteiger partial charge in [-0.25, -0.2) is 4.79 Å². The molecule has 1 aromatic carbocycles. The highest BCUT2D eigenvalue weighted by molar-refractivity contribution is 5.80. The zero-order valence-electron chi connectivity index (χ0n) is 16.0. The summed E-state index contributed by atoms with van der Waals surface area (Å²) in [6.07, 6.45) is -6.74. The van der Waals surface area contributed by atoms with Gasteiger partial charge in [0, 0.05) is 23.1 Å². The number of rotatable bonds is 4. The summed E-state index contributed by atoms with van der Waals surface area (Å²) in [5, 5.41) is 40.3. The van der Waals surface area contributed by atoms with Crippen LogP contribution in [0.2, 0.25) is 0 Å². The summed E-state index contributed by atoms with van der Waals surface area (Å²) in [6, 6.07) is 6.54. The second-order valence-electron chi connectivity index (χ2n) is 7.96. The quantitative estimate of drug-likeness (QED) is 0.509. The highest BCUT2D eigenvalue weighted by Crippen LogP contribution is 2.44. The monoisotopic (exact) mass is 408 g/mol. The van der Waals surface area contributed by atoms with Crippen molar-refractivity contribution in [1.29, 1.82) is 0 Å². The molecule has 0 bridgehead atoms. The Morgan fingerprint density at radius 1 is 1.14 bits per heavy atom. The lowest BCUT2D eigenvalue weighted by atomic mass is 9.85. The lowest BCUT2D eigenvalue weighted by Gasteiger charge is -2.43. The van der Waals surface area contributed by atoms with Crippen LogP contribution in [0.4, 0.5) is 0 Å². The zero-order valence-corrected chi connectivity index (χ0v) is 16.0. The fraction of sp³-hybridized carbons (Fsp3) is 0.550. The maximum atomic E-state index is 11.4. The third kappa shape index (κ3) is 3.54. The Labute approximate surface area is 166 Å². The van der Waals surface area contributed by atoms with Gasteiger partial charge in [0.25, 0.3) is 0 Å². The van der Waals surface area contributed by atoms with E-state index in [-0.39, 0.29) is 5.92 Å². The van der Waals surface area contributed by atoms with E-state index < -0.39 is 48.5 Å². The van der Waals surface area contributed by atoms with Crippen LogP contribution in [-0.4, -0.2) is 69.9 Å². The van der Waals surface area contributed by atoms with E-state index in [0.29, 0.717) is 17.9 Å². The highest BCUT2D eigenvalue weighted by atomic mass is 16.7. The fourth-order valence-corrected chi connectivity index (χ4v) is 3.90. The van der Waals surface area contributed by atoms with Gasteiger partial charge >= 0.3 is 5.63 Å². The Bertz CT molecular complexity index is 951. The maximum absolute atomic E-state index is 11.4. The lowest BCUT2D eigenvalue weighted by Crippen LogP contribution is -2.60. The summed E-state index contributed by atoms with van der Waals surface area (Å²) in [5.74, 6) is 0.323. The molecule has 0 saturated carbocycles. The van der Waals surface area contributed by atoms with Crippen LogP contribution >= 0.6 is 0 Å². The third-order valence-corrected chi connectivity index (χ3v) is 5.64. The third-order valence-electron chi connectivity index (χ3n) is 5.64. The molecule has 9 heteroatoms. The molecule has 0 spiro atoms. The topological polar surface area (TPSA) is 139 Å². The van der Waals surface area contributed by atoms with Gasteiger partial charge in [-0.3, -0.25) is 0 Å². The van der Waals surface area contributed by atoms with E-state index in [0.717, 1.165) is 10.9 Å². The molecule has 9 nitrogen and oxygen atoms in total. The van der Waals surface area contributed by atoms with E-state index in [1.807, 2.05) is 6.07 Å². The zero-order chi connectivity index (χ0) is 20.9. The summed E-state index contributed by atoms with van der Waals surface area (Å²) in [7, 11) is 0. The van der Waals surface area contributed by atoms with Crippen molar-refractivity contribution < 1.29 is 39.1 Å². The number of benzene rings is 1. The molecule has 0 radical (unpaired) electrons. The number of aliphatic hydroxyl groups excluding tert-OH is 4. The summed E-state index contributed by atoms with van der Waals surface area (Å²) < 4.78 is 22.4. The minimum Gasteiger partial charge on any atom is -0.492 e. The SMILES string of the molecule is CC(C)(O[C@@H]1O[C@H](CO)[C@@H](O)[C@H](O)[C@H]1O)[C@H]1COc2cc3oc(=O)ccc3cc21. The van der Waals surface area contributed by atoms with Crippen molar-refractivity contribution in [3.8, 4) is 5.75 Å². The first-order valence-electron chi connectivity index (χ1n) is 9.40. The molecule has 2 aliphatic rings. The van der Waals surface area contributed by atoms with E-state index in [1.54, 1.807) is 26.0 Å². The predicted octanol–water partition coefficient (Wildman–Crippen LogP) is -0.136. The van der Waals surface area contributed by atoms with Crippen LogP contribution in [0, 0.1) is 0 Å². The molecule has 6 atom stereocenters. The first-order valence-corrected chi connectivity index (χ1v) is 9.40. The minimum absolute atomic E-state index is 0.249. The minimum atomic E-state index is -1.51. The number of fused-ring (bicyclic) bond motifs is 2. The van der Waals surface area contributed by atoms with E-state index in [1.165, 1.54) is 6.07 Å². The fourth-order valence-electron chi connectivity index (χ4n) is 3.90. The predicted molar refractivity (Wildman–Crippen MR) is 99.7 cm³/mol. The van der Waals surface area contributed by atoms with E-state index in [2.05, 4.69) is 0 Å². The Morgan fingerprint density at radius 3 is 2.62 bits per heavy atom. The van der Waals surface area contributed by atoms with Gasteiger partial charge in [-0.15, -0.1) is 0 Å². The maximum Gasteiger partial charge on any atom is 0.336 e. The molecule has 0 aliphatic carbocycles.